The Morgan fingerprint density at radius 2 is 1.29 bits per heavy atom. The predicted octanol–water partition coefficient (Wildman–Crippen LogP) is 3.56. The molecule has 1 nitrogen and oxygen atoms in total. The summed E-state index contributed by atoms with van der Waals surface area (Å²) < 4.78 is 0. The van der Waals surface area contributed by atoms with E-state index in [4.69, 9.17) is 0 Å². The second-order valence-corrected chi connectivity index (χ2v) is 3.78. The second kappa shape index (κ2) is 13.6. The minimum Gasteiger partial charge on any atom is -0.344 e. The van der Waals surface area contributed by atoms with Crippen LogP contribution in [0.1, 0.15) is 47.5 Å². The van der Waals surface area contributed by atoms with Crippen molar-refractivity contribution < 1.29 is 19.5 Å². The molecule has 0 N–H and O–H groups in total. The van der Waals surface area contributed by atoms with Crippen molar-refractivity contribution in [2.75, 3.05) is 6.54 Å². The molecule has 14 heavy (non-hydrogen) atoms. The molecule has 0 aromatic carbocycles. The molecule has 82 valence electrons. The molecule has 0 fully saturated rings. The number of nitrogens with zero attached hydrogens (tertiary/aromatic N) is 1. The standard InChI is InChI=1S/C9H20N.C3H7.Zn/c1-6-7-10(8(2)3)9(4)5;1-3-2;/h8-9H,1,6-7H2,2-5H3;1,3H2,2H3;/q2*-1;+2. The van der Waals surface area contributed by atoms with Gasteiger partial charge in [-0.15, -0.1) is 0 Å². The van der Waals surface area contributed by atoms with Gasteiger partial charge in [0.1, 0.15) is 0 Å². The quantitative estimate of drug-likeness (QED) is 0.545. The van der Waals surface area contributed by atoms with Crippen LogP contribution in [0.4, 0.5) is 0 Å². The van der Waals surface area contributed by atoms with Crippen molar-refractivity contribution in [3.63, 3.8) is 0 Å². The molecule has 0 radical (unpaired) electrons. The third-order valence-electron chi connectivity index (χ3n) is 1.74. The molecule has 0 saturated heterocycles. The minimum absolute atomic E-state index is 0. The molecule has 0 heterocycles. The SMILES string of the molecule is [CH2-]CC.[CH2-]CCN(C(C)C)C(C)C.[Zn+2]. The smallest absolute Gasteiger partial charge is 0.344 e. The Morgan fingerprint density at radius 3 is 1.36 bits per heavy atom. The van der Waals surface area contributed by atoms with E-state index in [1.165, 1.54) is 0 Å². The van der Waals surface area contributed by atoms with Crippen molar-refractivity contribution in [3.8, 4) is 0 Å². The van der Waals surface area contributed by atoms with Crippen LogP contribution in [0.15, 0.2) is 0 Å². The van der Waals surface area contributed by atoms with Crippen LogP contribution in [0.3, 0.4) is 0 Å². The van der Waals surface area contributed by atoms with E-state index in [0.717, 1.165) is 19.4 Å². The van der Waals surface area contributed by atoms with Crippen molar-refractivity contribution in [2.24, 2.45) is 0 Å². The monoisotopic (exact) mass is 249 g/mol. The molecule has 0 aromatic heterocycles. The molecule has 0 aliphatic heterocycles. The molecule has 0 spiro atoms. The third-order valence-corrected chi connectivity index (χ3v) is 1.74. The van der Waals surface area contributed by atoms with E-state index in [1.807, 2.05) is 6.92 Å². The Balaban J connectivity index is -0.000000267. The second-order valence-electron chi connectivity index (χ2n) is 3.78. The normalized spacial score (nSPS) is 9.86. The molecule has 0 aromatic rings. The largest absolute Gasteiger partial charge is 2.00 e. The van der Waals surface area contributed by atoms with Gasteiger partial charge in [-0.05, 0) is 34.2 Å². The zero-order chi connectivity index (χ0) is 10.9. The van der Waals surface area contributed by atoms with Gasteiger partial charge in [0, 0.05) is 12.1 Å². The fraction of sp³-hybridized carbons (Fsp3) is 0.833. The molecule has 2 heteroatoms. The molecule has 0 unspecified atom stereocenters. The van der Waals surface area contributed by atoms with E-state index in [2.05, 4.69) is 46.4 Å². The van der Waals surface area contributed by atoms with Gasteiger partial charge in [0.25, 0.3) is 0 Å². The van der Waals surface area contributed by atoms with Gasteiger partial charge in [0.2, 0.25) is 0 Å². The van der Waals surface area contributed by atoms with Gasteiger partial charge in [-0.1, -0.05) is 6.92 Å². The van der Waals surface area contributed by atoms with Crippen LogP contribution in [0.2, 0.25) is 0 Å². The Labute approximate surface area is 104 Å². The fourth-order valence-corrected chi connectivity index (χ4v) is 1.30. The average molecular weight is 251 g/mol. The topological polar surface area (TPSA) is 3.24 Å². The Kier molecular flexibility index (Phi) is 19.5. The van der Waals surface area contributed by atoms with E-state index in [-0.39, 0.29) is 19.5 Å². The van der Waals surface area contributed by atoms with Crippen LogP contribution in [0, 0.1) is 13.8 Å². The van der Waals surface area contributed by atoms with E-state index in [0.29, 0.717) is 12.1 Å². The number of hydrogen-bond donors (Lipinski definition) is 0. The van der Waals surface area contributed by atoms with Crippen LogP contribution in [0.25, 0.3) is 0 Å². The van der Waals surface area contributed by atoms with Crippen molar-refractivity contribution in [1.82, 2.24) is 4.90 Å². The molecular weight excluding hydrogens is 224 g/mol. The van der Waals surface area contributed by atoms with Crippen molar-refractivity contribution >= 4 is 0 Å². The molecule has 0 aliphatic carbocycles. The molecule has 0 atom stereocenters. The summed E-state index contributed by atoms with van der Waals surface area (Å²) in [6.07, 6.45) is 2.01. The first kappa shape index (κ1) is 20.1. The fourth-order valence-electron chi connectivity index (χ4n) is 1.30. The van der Waals surface area contributed by atoms with Crippen molar-refractivity contribution in [1.29, 1.82) is 0 Å². The summed E-state index contributed by atoms with van der Waals surface area (Å²) in [6.45, 7) is 19.4. The average Bonchev–Trinajstić information content (AvgIpc) is 2.00. The summed E-state index contributed by atoms with van der Waals surface area (Å²) >= 11 is 0. The zero-order valence-electron chi connectivity index (χ0n) is 10.8. The maximum atomic E-state index is 3.85. The van der Waals surface area contributed by atoms with E-state index >= 15 is 0 Å². The number of hydrogen-bond acceptors (Lipinski definition) is 1. The van der Waals surface area contributed by atoms with Gasteiger partial charge in [0.05, 0.1) is 0 Å². The van der Waals surface area contributed by atoms with E-state index in [9.17, 15) is 0 Å². The molecule has 0 saturated carbocycles. The van der Waals surface area contributed by atoms with Crippen molar-refractivity contribution in [2.45, 2.75) is 59.5 Å². The van der Waals surface area contributed by atoms with Gasteiger partial charge in [-0.3, -0.25) is 0 Å². The Hall–Kier alpha value is 0.583. The molecule has 0 bridgehead atoms. The van der Waals surface area contributed by atoms with E-state index in [1.54, 1.807) is 0 Å². The Morgan fingerprint density at radius 1 is 1.00 bits per heavy atom. The van der Waals surface area contributed by atoms with Gasteiger partial charge in [0.15, 0.2) is 0 Å². The summed E-state index contributed by atoms with van der Waals surface area (Å²) in [4.78, 5) is 2.45. The first-order valence-corrected chi connectivity index (χ1v) is 5.35. The van der Waals surface area contributed by atoms with Gasteiger partial charge in [-0.25, -0.2) is 0 Å². The zero-order valence-corrected chi connectivity index (χ0v) is 13.8. The molecule has 0 rings (SSSR count). The van der Waals surface area contributed by atoms with Crippen LogP contribution < -0.4 is 0 Å². The molecule has 0 amide bonds. The first-order valence-electron chi connectivity index (χ1n) is 5.35. The van der Waals surface area contributed by atoms with Crippen LogP contribution in [-0.2, 0) is 19.5 Å². The predicted molar refractivity (Wildman–Crippen MR) is 62.6 cm³/mol. The van der Waals surface area contributed by atoms with Crippen LogP contribution in [0.5, 0.6) is 0 Å². The summed E-state index contributed by atoms with van der Waals surface area (Å²) in [7, 11) is 0. The van der Waals surface area contributed by atoms with Gasteiger partial charge in [-0.2, -0.15) is 12.8 Å². The third kappa shape index (κ3) is 12.6. The summed E-state index contributed by atoms with van der Waals surface area (Å²) in [5.74, 6) is 0. The van der Waals surface area contributed by atoms with Crippen molar-refractivity contribution in [3.05, 3.63) is 13.8 Å². The van der Waals surface area contributed by atoms with Crippen LogP contribution >= 0.6 is 0 Å². The minimum atomic E-state index is 0. The van der Waals surface area contributed by atoms with E-state index < -0.39 is 0 Å². The maximum absolute atomic E-state index is 3.85. The maximum Gasteiger partial charge on any atom is 2.00 e. The summed E-state index contributed by atoms with van der Waals surface area (Å²) in [5.41, 5.74) is 0. The van der Waals surface area contributed by atoms with Crippen LogP contribution in [-0.4, -0.2) is 23.5 Å². The summed E-state index contributed by atoms with van der Waals surface area (Å²) in [5, 5.41) is 0. The molecule has 0 aliphatic rings. The first-order chi connectivity index (χ1) is 6.01. The van der Waals surface area contributed by atoms with Gasteiger partial charge < -0.3 is 18.7 Å². The van der Waals surface area contributed by atoms with Gasteiger partial charge >= 0.3 is 19.5 Å². The summed E-state index contributed by atoms with van der Waals surface area (Å²) in [6, 6.07) is 1.31. The number of rotatable bonds is 4. The molecular formula is C12H27NZn. The Bertz CT molecular complexity index is 84.3.